The van der Waals surface area contributed by atoms with E-state index in [0.29, 0.717) is 26.2 Å². The zero-order valence-corrected chi connectivity index (χ0v) is 15.2. The lowest BCUT2D eigenvalue weighted by atomic mass is 10.2. The summed E-state index contributed by atoms with van der Waals surface area (Å²) in [5, 5.41) is 7.86. The van der Waals surface area contributed by atoms with Crippen LogP contribution in [-0.2, 0) is 33.3 Å². The van der Waals surface area contributed by atoms with Gasteiger partial charge in [0.15, 0.2) is 0 Å². The number of hydrogen-bond donors (Lipinski definition) is 2. The summed E-state index contributed by atoms with van der Waals surface area (Å²) in [6, 6.07) is 0. The molecule has 0 fully saturated rings. The number of unbranched alkanes of at least 4 members (excludes halogenated alkanes) is 2. The molecule has 10 heteroatoms. The number of isocyanates is 1. The summed E-state index contributed by atoms with van der Waals surface area (Å²) in [6.45, 7) is 8.18. The van der Waals surface area contributed by atoms with Crippen molar-refractivity contribution in [3.05, 3.63) is 25.3 Å². The first kappa shape index (κ1) is 26.3. The van der Waals surface area contributed by atoms with Gasteiger partial charge >= 0.3 is 18.0 Å². The van der Waals surface area contributed by atoms with Crippen LogP contribution >= 0.6 is 0 Å². The third-order valence-electron chi connectivity index (χ3n) is 2.59. The van der Waals surface area contributed by atoms with E-state index in [1.807, 2.05) is 0 Å². The number of alkyl carbamates (subject to hydrolysis) is 1. The van der Waals surface area contributed by atoms with E-state index in [4.69, 9.17) is 24.4 Å². The van der Waals surface area contributed by atoms with E-state index in [0.717, 1.165) is 31.1 Å². The van der Waals surface area contributed by atoms with Gasteiger partial charge in [0.1, 0.15) is 13.2 Å². The van der Waals surface area contributed by atoms with Gasteiger partial charge in [-0.2, -0.15) is 0 Å². The molecular weight excluding hydrogens is 360 g/mol. The van der Waals surface area contributed by atoms with Crippen LogP contribution < -0.4 is 5.32 Å². The summed E-state index contributed by atoms with van der Waals surface area (Å²) < 4.78 is 19.6. The van der Waals surface area contributed by atoms with Crippen molar-refractivity contribution >= 4 is 24.1 Å². The Balaban J connectivity index is 0. The molecule has 0 aromatic rings. The lowest BCUT2D eigenvalue weighted by Crippen LogP contribution is -2.28. The van der Waals surface area contributed by atoms with Gasteiger partial charge in [-0.25, -0.2) is 24.6 Å². The van der Waals surface area contributed by atoms with Crippen molar-refractivity contribution in [3.8, 4) is 0 Å². The van der Waals surface area contributed by atoms with Crippen LogP contribution in [0.5, 0.6) is 0 Å². The number of amides is 1. The molecule has 2 N–H and O–H groups in total. The molecule has 0 radical (unpaired) electrons. The standard InChI is InChI=1S/C16H25NO7.CHNO/c1-3-14(18)22-11-8-17-16(20)24-10-7-5-6-9-21-12-13-23-15(19)4-2;2-1-3/h3-4H,1-2,5-13H2,(H,17,20);2H. The third-order valence-corrected chi connectivity index (χ3v) is 2.59. The highest BCUT2D eigenvalue weighted by molar-refractivity contribution is 5.81. The summed E-state index contributed by atoms with van der Waals surface area (Å²) in [5.74, 6) is -1.00. The molecule has 0 heterocycles. The monoisotopic (exact) mass is 386 g/mol. The predicted octanol–water partition coefficient (Wildman–Crippen LogP) is 1.26. The number of rotatable bonds is 14. The maximum atomic E-state index is 11.3. The Morgan fingerprint density at radius 3 is 2.00 bits per heavy atom. The highest BCUT2D eigenvalue weighted by Gasteiger charge is 2.02. The fourth-order valence-electron chi connectivity index (χ4n) is 1.42. The SMILES string of the molecule is C=CC(=O)OCCNC(=O)OCCCCCOCCOC(=O)C=C.N=C=O. The van der Waals surface area contributed by atoms with Gasteiger partial charge in [-0.1, -0.05) is 13.2 Å². The van der Waals surface area contributed by atoms with Crippen molar-refractivity contribution in [3.63, 3.8) is 0 Å². The Morgan fingerprint density at radius 1 is 0.852 bits per heavy atom. The maximum Gasteiger partial charge on any atom is 0.407 e. The van der Waals surface area contributed by atoms with Crippen molar-refractivity contribution in [2.45, 2.75) is 19.3 Å². The number of carbonyl (C=O) groups is 3. The molecule has 0 spiro atoms. The summed E-state index contributed by atoms with van der Waals surface area (Å²) >= 11 is 0. The average Bonchev–Trinajstić information content (AvgIpc) is 2.66. The number of carbonyl (C=O) groups excluding carboxylic acids is 4. The van der Waals surface area contributed by atoms with E-state index in [1.165, 1.54) is 0 Å². The first-order valence-electron chi connectivity index (χ1n) is 8.12. The normalized spacial score (nSPS) is 8.89. The van der Waals surface area contributed by atoms with Crippen molar-refractivity contribution in [2.24, 2.45) is 0 Å². The van der Waals surface area contributed by atoms with Gasteiger partial charge in [-0.3, -0.25) is 0 Å². The Labute approximate surface area is 158 Å². The van der Waals surface area contributed by atoms with Crippen LogP contribution in [0, 0.1) is 5.41 Å². The second-order valence-corrected chi connectivity index (χ2v) is 4.58. The van der Waals surface area contributed by atoms with Crippen LogP contribution in [0.2, 0.25) is 0 Å². The molecule has 0 saturated heterocycles. The number of hydrogen-bond acceptors (Lipinski definition) is 9. The fourth-order valence-corrected chi connectivity index (χ4v) is 1.42. The van der Waals surface area contributed by atoms with Gasteiger partial charge in [0, 0.05) is 18.8 Å². The fraction of sp³-hybridized carbons (Fsp3) is 0.529. The Morgan fingerprint density at radius 2 is 1.41 bits per heavy atom. The molecule has 0 bridgehead atoms. The van der Waals surface area contributed by atoms with Gasteiger partial charge in [-0.05, 0) is 19.3 Å². The van der Waals surface area contributed by atoms with Crippen molar-refractivity contribution < 1.29 is 38.1 Å². The van der Waals surface area contributed by atoms with Gasteiger partial charge in [0.25, 0.3) is 0 Å². The molecule has 0 unspecified atom stereocenters. The number of ether oxygens (including phenoxy) is 4. The largest absolute Gasteiger partial charge is 0.461 e. The Hall–Kier alpha value is -2.97. The lowest BCUT2D eigenvalue weighted by molar-refractivity contribution is -0.139. The predicted molar refractivity (Wildman–Crippen MR) is 94.7 cm³/mol. The summed E-state index contributed by atoms with van der Waals surface area (Å²) in [7, 11) is 0. The second kappa shape index (κ2) is 21.1. The van der Waals surface area contributed by atoms with Gasteiger partial charge < -0.3 is 24.3 Å². The van der Waals surface area contributed by atoms with Crippen LogP contribution in [0.4, 0.5) is 4.79 Å². The quantitative estimate of drug-likeness (QED) is 0.113. The van der Waals surface area contributed by atoms with E-state index in [2.05, 4.69) is 23.2 Å². The molecule has 0 aliphatic heterocycles. The van der Waals surface area contributed by atoms with E-state index >= 15 is 0 Å². The van der Waals surface area contributed by atoms with E-state index in [9.17, 15) is 14.4 Å². The van der Waals surface area contributed by atoms with Crippen molar-refractivity contribution in [1.29, 1.82) is 5.41 Å². The third kappa shape index (κ3) is 23.0. The minimum atomic E-state index is -0.551. The molecule has 0 aromatic heterocycles. The Kier molecular flexibility index (Phi) is 20.5. The average molecular weight is 386 g/mol. The molecular formula is C17H26N2O8. The molecule has 0 aromatic carbocycles. The minimum Gasteiger partial charge on any atom is -0.461 e. The molecule has 0 rings (SSSR count). The highest BCUT2D eigenvalue weighted by atomic mass is 16.6. The molecule has 0 saturated carbocycles. The first-order chi connectivity index (χ1) is 13.0. The highest BCUT2D eigenvalue weighted by Crippen LogP contribution is 1.97. The van der Waals surface area contributed by atoms with Crippen LogP contribution in [0.15, 0.2) is 25.3 Å². The van der Waals surface area contributed by atoms with Crippen LogP contribution in [0.25, 0.3) is 0 Å². The zero-order chi connectivity index (χ0) is 20.8. The number of esters is 2. The molecule has 0 aliphatic carbocycles. The summed E-state index contributed by atoms with van der Waals surface area (Å²) in [4.78, 5) is 41.1. The lowest BCUT2D eigenvalue weighted by Gasteiger charge is -2.07. The Bertz CT molecular complexity index is 487. The zero-order valence-electron chi connectivity index (χ0n) is 15.2. The number of nitrogens with one attached hydrogen (secondary N) is 2. The van der Waals surface area contributed by atoms with Crippen LogP contribution in [-0.4, -0.2) is 63.7 Å². The summed E-state index contributed by atoms with van der Waals surface area (Å²) in [6.07, 6.45) is 4.73. The van der Waals surface area contributed by atoms with Gasteiger partial charge in [0.05, 0.1) is 19.8 Å². The van der Waals surface area contributed by atoms with E-state index in [-0.39, 0.29) is 19.8 Å². The topological polar surface area (TPSA) is 141 Å². The molecule has 1 amide bonds. The van der Waals surface area contributed by atoms with E-state index < -0.39 is 18.0 Å². The maximum absolute atomic E-state index is 11.3. The molecule has 0 atom stereocenters. The second-order valence-electron chi connectivity index (χ2n) is 4.58. The van der Waals surface area contributed by atoms with Gasteiger partial charge in [-0.15, -0.1) is 0 Å². The molecule has 0 aliphatic rings. The van der Waals surface area contributed by atoms with Crippen molar-refractivity contribution in [1.82, 2.24) is 5.32 Å². The first-order valence-corrected chi connectivity index (χ1v) is 8.12. The molecule has 27 heavy (non-hydrogen) atoms. The van der Waals surface area contributed by atoms with Crippen molar-refractivity contribution in [2.75, 3.05) is 39.6 Å². The van der Waals surface area contributed by atoms with E-state index in [1.54, 1.807) is 0 Å². The van der Waals surface area contributed by atoms with Gasteiger partial charge in [0.2, 0.25) is 6.08 Å². The molecule has 10 nitrogen and oxygen atoms in total. The minimum absolute atomic E-state index is 0.0689. The van der Waals surface area contributed by atoms with Crippen LogP contribution in [0.3, 0.4) is 0 Å². The smallest absolute Gasteiger partial charge is 0.407 e. The van der Waals surface area contributed by atoms with Crippen LogP contribution in [0.1, 0.15) is 19.3 Å². The summed E-state index contributed by atoms with van der Waals surface area (Å²) in [5.41, 5.74) is 0. The molecule has 152 valence electrons.